The fourth-order valence-corrected chi connectivity index (χ4v) is 2.13. The topological polar surface area (TPSA) is 67.8 Å². The van der Waals surface area contributed by atoms with Crippen molar-refractivity contribution >= 4 is 23.4 Å². The molecule has 2 rings (SSSR count). The van der Waals surface area contributed by atoms with Gasteiger partial charge in [-0.25, -0.2) is 9.59 Å². The molecule has 1 aromatic rings. The monoisotopic (exact) mass is 310 g/mol. The Morgan fingerprint density at radius 1 is 1.39 bits per heavy atom. The Morgan fingerprint density at radius 3 is 2.87 bits per heavy atom. The highest BCUT2D eigenvalue weighted by molar-refractivity contribution is 5.85. The first-order chi connectivity index (χ1) is 10.9. The lowest BCUT2D eigenvalue weighted by Crippen LogP contribution is -2.32. The largest absolute Gasteiger partial charge is 0.444 e. The number of nitrogens with zero attached hydrogens (tertiary/aromatic N) is 1. The Kier molecular flexibility index (Phi) is 5.00. The van der Waals surface area contributed by atoms with Crippen LogP contribution in [0.25, 0.3) is 5.57 Å². The van der Waals surface area contributed by atoms with Gasteiger partial charge in [0.05, 0.1) is 12.2 Å². The van der Waals surface area contributed by atoms with Crippen LogP contribution in [0.3, 0.4) is 0 Å². The summed E-state index contributed by atoms with van der Waals surface area (Å²) in [6.45, 7) is 5.61. The molecular formula is C18H18N2O3. The summed E-state index contributed by atoms with van der Waals surface area (Å²) in [5.74, 6) is 5.92. The van der Waals surface area contributed by atoms with Gasteiger partial charge in [0.15, 0.2) is 0 Å². The maximum atomic E-state index is 11.5. The van der Waals surface area contributed by atoms with E-state index in [4.69, 9.17) is 4.74 Å². The zero-order valence-corrected chi connectivity index (χ0v) is 13.4. The van der Waals surface area contributed by atoms with E-state index in [-0.39, 0.29) is 6.54 Å². The van der Waals surface area contributed by atoms with E-state index in [9.17, 15) is 9.59 Å². The summed E-state index contributed by atoms with van der Waals surface area (Å²) in [5.41, 5.74) is 3.00. The van der Waals surface area contributed by atoms with E-state index >= 15 is 0 Å². The molecule has 0 aromatic heterocycles. The van der Waals surface area contributed by atoms with E-state index in [1.165, 1.54) is 6.08 Å². The first kappa shape index (κ1) is 16.5. The van der Waals surface area contributed by atoms with Crippen molar-refractivity contribution in [2.75, 3.05) is 6.54 Å². The molecule has 0 bridgehead atoms. The third kappa shape index (κ3) is 4.84. The molecule has 0 heterocycles. The van der Waals surface area contributed by atoms with Gasteiger partial charge in [0.2, 0.25) is 6.08 Å². The number of aliphatic imine (C=N–C) groups is 1. The van der Waals surface area contributed by atoms with Crippen LogP contribution in [0, 0.1) is 11.8 Å². The molecule has 1 aliphatic rings. The summed E-state index contributed by atoms with van der Waals surface area (Å²) < 4.78 is 5.13. The van der Waals surface area contributed by atoms with Crippen LogP contribution in [0.1, 0.15) is 31.9 Å². The Bertz CT molecular complexity index is 755. The molecule has 0 unspecified atom stereocenters. The van der Waals surface area contributed by atoms with E-state index in [0.717, 1.165) is 23.1 Å². The van der Waals surface area contributed by atoms with E-state index < -0.39 is 11.7 Å². The molecule has 0 atom stereocenters. The van der Waals surface area contributed by atoms with Crippen molar-refractivity contribution in [3.8, 4) is 11.8 Å². The van der Waals surface area contributed by atoms with Crippen molar-refractivity contribution in [3.05, 3.63) is 35.4 Å². The Hall–Kier alpha value is -2.83. The minimum atomic E-state index is -0.528. The molecule has 1 aromatic carbocycles. The van der Waals surface area contributed by atoms with E-state index in [1.54, 1.807) is 26.8 Å². The zero-order valence-electron chi connectivity index (χ0n) is 13.4. The molecule has 1 N–H and O–H groups in total. The molecule has 0 radical (unpaired) electrons. The number of rotatable bonds is 2. The molecule has 0 aliphatic heterocycles. The minimum Gasteiger partial charge on any atom is -0.444 e. The van der Waals surface area contributed by atoms with Crippen LogP contribution in [-0.2, 0) is 16.0 Å². The van der Waals surface area contributed by atoms with Crippen molar-refractivity contribution in [2.24, 2.45) is 4.99 Å². The van der Waals surface area contributed by atoms with Crippen LogP contribution in [0.5, 0.6) is 0 Å². The number of carbonyl (C=O) groups excluding carboxylic acids is 2. The zero-order chi connectivity index (χ0) is 16.9. The minimum absolute atomic E-state index is 0.202. The molecule has 5 heteroatoms. The summed E-state index contributed by atoms with van der Waals surface area (Å²) in [7, 11) is 0. The summed E-state index contributed by atoms with van der Waals surface area (Å²) in [5, 5.41) is 2.59. The quantitative estimate of drug-likeness (QED) is 0.518. The van der Waals surface area contributed by atoms with Crippen LogP contribution >= 0.6 is 0 Å². The van der Waals surface area contributed by atoms with Crippen molar-refractivity contribution in [2.45, 2.75) is 32.8 Å². The smallest absolute Gasteiger partial charge is 0.408 e. The molecule has 1 aliphatic carbocycles. The van der Waals surface area contributed by atoms with Crippen LogP contribution in [0.2, 0.25) is 0 Å². The summed E-state index contributed by atoms with van der Waals surface area (Å²) in [4.78, 5) is 25.5. The van der Waals surface area contributed by atoms with Gasteiger partial charge in [0, 0.05) is 5.57 Å². The second-order valence-electron chi connectivity index (χ2n) is 6.02. The van der Waals surface area contributed by atoms with Gasteiger partial charge in [-0.05, 0) is 50.5 Å². The van der Waals surface area contributed by atoms with E-state index in [1.807, 2.05) is 18.2 Å². The lowest BCUT2D eigenvalue weighted by Gasteiger charge is -2.19. The lowest BCUT2D eigenvalue weighted by atomic mass is 10.1. The molecule has 0 saturated heterocycles. The SMILES string of the molecule is CC(C)(C)OC(=O)NCC#CC1=CCc2ccc(N=C=O)cc21. The fourth-order valence-electron chi connectivity index (χ4n) is 2.13. The van der Waals surface area contributed by atoms with Gasteiger partial charge in [-0.2, -0.15) is 4.99 Å². The van der Waals surface area contributed by atoms with E-state index in [0.29, 0.717) is 5.69 Å². The average Bonchev–Trinajstić information content (AvgIpc) is 2.85. The first-order valence-corrected chi connectivity index (χ1v) is 7.26. The van der Waals surface area contributed by atoms with Crippen molar-refractivity contribution in [1.29, 1.82) is 0 Å². The lowest BCUT2D eigenvalue weighted by molar-refractivity contribution is 0.0535. The number of allylic oxidation sites excluding steroid dienone is 2. The second kappa shape index (κ2) is 6.95. The van der Waals surface area contributed by atoms with Gasteiger partial charge in [-0.3, -0.25) is 0 Å². The number of isocyanates is 1. The average molecular weight is 310 g/mol. The van der Waals surface area contributed by atoms with Gasteiger partial charge in [0.1, 0.15) is 5.60 Å². The summed E-state index contributed by atoms with van der Waals surface area (Å²) in [6.07, 6.45) is 3.85. The fraction of sp³-hybridized carbons (Fsp3) is 0.333. The van der Waals surface area contributed by atoms with Crippen molar-refractivity contribution < 1.29 is 14.3 Å². The van der Waals surface area contributed by atoms with Gasteiger partial charge >= 0.3 is 6.09 Å². The van der Waals surface area contributed by atoms with Crippen LogP contribution in [0.4, 0.5) is 10.5 Å². The number of nitrogens with one attached hydrogen (secondary N) is 1. The predicted octanol–water partition coefficient (Wildman–Crippen LogP) is 3.12. The maximum Gasteiger partial charge on any atom is 0.408 e. The van der Waals surface area contributed by atoms with Gasteiger partial charge in [-0.1, -0.05) is 24.0 Å². The van der Waals surface area contributed by atoms with Crippen LogP contribution in [-0.4, -0.2) is 24.3 Å². The number of fused-ring (bicyclic) bond motifs is 1. The molecule has 0 saturated carbocycles. The molecule has 118 valence electrons. The predicted molar refractivity (Wildman–Crippen MR) is 87.9 cm³/mol. The molecule has 0 spiro atoms. The maximum absolute atomic E-state index is 11.5. The van der Waals surface area contributed by atoms with Crippen LogP contribution in [0.15, 0.2) is 29.3 Å². The highest BCUT2D eigenvalue weighted by atomic mass is 16.6. The van der Waals surface area contributed by atoms with Gasteiger partial charge in [-0.15, -0.1) is 0 Å². The highest BCUT2D eigenvalue weighted by Gasteiger charge is 2.15. The number of hydrogen-bond donors (Lipinski definition) is 1. The number of benzene rings is 1. The van der Waals surface area contributed by atoms with E-state index in [2.05, 4.69) is 22.2 Å². The molecule has 5 nitrogen and oxygen atoms in total. The highest BCUT2D eigenvalue weighted by Crippen LogP contribution is 2.30. The second-order valence-corrected chi connectivity index (χ2v) is 6.02. The number of amides is 1. The Balaban J connectivity index is 1.98. The van der Waals surface area contributed by atoms with Crippen LogP contribution < -0.4 is 5.32 Å². The number of carbonyl (C=O) groups is 1. The Morgan fingerprint density at radius 2 is 2.17 bits per heavy atom. The van der Waals surface area contributed by atoms with Gasteiger partial charge in [0.25, 0.3) is 0 Å². The van der Waals surface area contributed by atoms with Gasteiger partial charge < -0.3 is 10.1 Å². The number of hydrogen-bond acceptors (Lipinski definition) is 4. The standard InChI is InChI=1S/C18H18N2O3/c1-18(2,3)23-17(22)19-10-4-5-13-6-7-14-8-9-15(20-12-21)11-16(13)14/h6,8-9,11H,7,10H2,1-3H3,(H,19,22). The van der Waals surface area contributed by atoms with Crippen molar-refractivity contribution in [3.63, 3.8) is 0 Å². The Labute approximate surface area is 135 Å². The summed E-state index contributed by atoms with van der Waals surface area (Å²) >= 11 is 0. The third-order valence-corrected chi connectivity index (χ3v) is 3.03. The normalized spacial score (nSPS) is 12.2. The number of alkyl carbamates (subject to hydrolysis) is 1. The molecule has 1 amide bonds. The molecular weight excluding hydrogens is 292 g/mol. The molecule has 23 heavy (non-hydrogen) atoms. The van der Waals surface area contributed by atoms with Crippen molar-refractivity contribution in [1.82, 2.24) is 5.32 Å². The first-order valence-electron chi connectivity index (χ1n) is 7.26. The number of ether oxygens (including phenoxy) is 1. The molecule has 0 fully saturated rings. The third-order valence-electron chi connectivity index (χ3n) is 3.03. The summed E-state index contributed by atoms with van der Waals surface area (Å²) in [6, 6.07) is 5.52.